The van der Waals surface area contributed by atoms with Gasteiger partial charge < -0.3 is 20.3 Å². The van der Waals surface area contributed by atoms with Crippen LogP contribution in [0.15, 0.2) is 42.7 Å². The van der Waals surface area contributed by atoms with E-state index in [2.05, 4.69) is 39.6 Å². The summed E-state index contributed by atoms with van der Waals surface area (Å²) in [5, 5.41) is 12.7. The molecule has 4 saturated heterocycles. The molecule has 3 N–H and O–H groups in total. The molecule has 1 saturated carbocycles. The third-order valence-electron chi connectivity index (χ3n) is 9.29. The number of rotatable bonds is 6. The highest BCUT2D eigenvalue weighted by Crippen LogP contribution is 2.63. The normalized spacial score (nSPS) is 31.3. The quantitative estimate of drug-likeness (QED) is 0.518. The van der Waals surface area contributed by atoms with Crippen molar-refractivity contribution in [2.24, 2.45) is 28.6 Å². The number of hydrogen-bond acceptors (Lipinski definition) is 6. The number of H-pyrrole nitrogens is 1. The zero-order valence-corrected chi connectivity index (χ0v) is 22.1. The summed E-state index contributed by atoms with van der Waals surface area (Å²) >= 11 is 0. The number of likely N-dealkylation sites (N-methyl/N-ethyl adjacent to an activating group) is 1. The van der Waals surface area contributed by atoms with E-state index in [0.717, 1.165) is 17.7 Å². The fraction of sp³-hybridized carbons (Fsp3) is 0.571. The van der Waals surface area contributed by atoms with E-state index in [1.165, 1.54) is 0 Å². The molecule has 7 rings (SSSR count). The van der Waals surface area contributed by atoms with Crippen molar-refractivity contribution < 1.29 is 19.1 Å². The molecule has 5 aliphatic rings. The predicted octanol–water partition coefficient (Wildman–Crippen LogP) is 0.772. The number of benzene rings is 1. The lowest BCUT2D eigenvalue weighted by atomic mass is 9.71. The maximum absolute atomic E-state index is 13.9. The van der Waals surface area contributed by atoms with E-state index >= 15 is 0 Å². The number of amides is 3. The van der Waals surface area contributed by atoms with E-state index in [9.17, 15) is 14.4 Å². The average molecular weight is 521 g/mol. The average Bonchev–Trinajstić information content (AvgIpc) is 3.24. The molecular weight excluding hydrogens is 484 g/mol. The zero-order chi connectivity index (χ0) is 26.7. The SMILES string of the molecule is CNC(=O)[C@H]1NC(=O)[C@@H]2CN(Cc3cn[nH]c3)CC23CN(C3)C(=O)[C@H]2C([C@H]1OCc1ccccc1)C2(C)C. The van der Waals surface area contributed by atoms with Gasteiger partial charge in [0.05, 0.1) is 24.8 Å². The molecule has 2 bridgehead atoms. The zero-order valence-electron chi connectivity index (χ0n) is 22.1. The summed E-state index contributed by atoms with van der Waals surface area (Å²) in [5.74, 6) is -1.12. The van der Waals surface area contributed by atoms with Gasteiger partial charge in [0, 0.05) is 68.8 Å². The van der Waals surface area contributed by atoms with Gasteiger partial charge in [0.1, 0.15) is 6.04 Å². The lowest BCUT2D eigenvalue weighted by Gasteiger charge is -2.51. The Bertz CT molecular complexity index is 1210. The lowest BCUT2D eigenvalue weighted by Crippen LogP contribution is -2.65. The van der Waals surface area contributed by atoms with Crippen LogP contribution in [0.5, 0.6) is 0 Å². The largest absolute Gasteiger partial charge is 0.371 e. The van der Waals surface area contributed by atoms with E-state index in [4.69, 9.17) is 4.74 Å². The predicted molar refractivity (Wildman–Crippen MR) is 138 cm³/mol. The number of nitrogens with one attached hydrogen (secondary N) is 3. The first kappa shape index (κ1) is 25.1. The molecule has 1 aromatic carbocycles. The van der Waals surface area contributed by atoms with Crippen molar-refractivity contribution in [3.05, 3.63) is 53.9 Å². The molecule has 202 valence electrons. The number of carbonyl (C=O) groups is 3. The van der Waals surface area contributed by atoms with Crippen LogP contribution in [0, 0.1) is 28.6 Å². The summed E-state index contributed by atoms with van der Waals surface area (Å²) in [4.78, 5) is 45.2. The van der Waals surface area contributed by atoms with Crippen LogP contribution in [0.4, 0.5) is 0 Å². The van der Waals surface area contributed by atoms with Gasteiger partial charge in [-0.1, -0.05) is 44.2 Å². The Hall–Kier alpha value is -3.24. The van der Waals surface area contributed by atoms with Crippen molar-refractivity contribution in [3.63, 3.8) is 0 Å². The second kappa shape index (κ2) is 9.20. The Balaban J connectivity index is 1.32. The Morgan fingerprint density at radius 3 is 2.61 bits per heavy atom. The topological polar surface area (TPSA) is 120 Å². The Kier molecular flexibility index (Phi) is 6.07. The molecule has 10 heteroatoms. The first-order valence-corrected chi connectivity index (χ1v) is 13.4. The molecule has 38 heavy (non-hydrogen) atoms. The van der Waals surface area contributed by atoms with Gasteiger partial charge in [-0.05, 0) is 11.0 Å². The van der Waals surface area contributed by atoms with Crippen LogP contribution >= 0.6 is 0 Å². The molecule has 5 fully saturated rings. The van der Waals surface area contributed by atoms with Gasteiger partial charge in [0.2, 0.25) is 17.7 Å². The minimum atomic E-state index is -0.899. The molecule has 5 atom stereocenters. The lowest BCUT2D eigenvalue weighted by molar-refractivity contribution is -0.151. The van der Waals surface area contributed by atoms with Gasteiger partial charge in [-0.15, -0.1) is 0 Å². The number of ether oxygens (including phenoxy) is 1. The molecule has 4 aliphatic heterocycles. The monoisotopic (exact) mass is 520 g/mol. The number of likely N-dealkylation sites (tertiary alicyclic amines) is 1. The van der Waals surface area contributed by atoms with Crippen molar-refractivity contribution in [3.8, 4) is 0 Å². The smallest absolute Gasteiger partial charge is 0.245 e. The number of hydrogen-bond donors (Lipinski definition) is 3. The van der Waals surface area contributed by atoms with Crippen LogP contribution in [0.25, 0.3) is 0 Å². The minimum Gasteiger partial charge on any atom is -0.371 e. The van der Waals surface area contributed by atoms with Gasteiger partial charge in [-0.2, -0.15) is 5.10 Å². The van der Waals surface area contributed by atoms with E-state index in [0.29, 0.717) is 26.2 Å². The highest BCUT2D eigenvalue weighted by molar-refractivity contribution is 5.91. The van der Waals surface area contributed by atoms with Gasteiger partial charge in [0.25, 0.3) is 0 Å². The molecule has 2 aromatic rings. The maximum Gasteiger partial charge on any atom is 0.245 e. The molecule has 1 aliphatic carbocycles. The third kappa shape index (κ3) is 4.10. The number of aromatic amines is 1. The fourth-order valence-corrected chi connectivity index (χ4v) is 7.21. The molecule has 0 radical (unpaired) electrons. The fourth-order valence-electron chi connectivity index (χ4n) is 7.21. The van der Waals surface area contributed by atoms with E-state index in [-0.39, 0.29) is 52.9 Å². The second-order valence-corrected chi connectivity index (χ2v) is 12.1. The van der Waals surface area contributed by atoms with Crippen LogP contribution in [-0.2, 0) is 32.3 Å². The number of aromatic nitrogens is 2. The molecule has 10 nitrogen and oxygen atoms in total. The van der Waals surface area contributed by atoms with Crippen molar-refractivity contribution in [2.75, 3.05) is 33.2 Å². The van der Waals surface area contributed by atoms with Crippen LogP contribution in [-0.4, -0.2) is 83.1 Å². The number of nitrogens with zero attached hydrogens (tertiary/aromatic N) is 3. The first-order valence-electron chi connectivity index (χ1n) is 13.4. The molecule has 3 amide bonds. The van der Waals surface area contributed by atoms with Gasteiger partial charge in [-0.3, -0.25) is 24.4 Å². The maximum atomic E-state index is 13.9. The Labute approximate surface area is 222 Å². The van der Waals surface area contributed by atoms with E-state index in [1.807, 2.05) is 41.4 Å². The van der Waals surface area contributed by atoms with E-state index in [1.54, 1.807) is 13.2 Å². The first-order chi connectivity index (χ1) is 18.2. The van der Waals surface area contributed by atoms with Crippen LogP contribution in [0.1, 0.15) is 25.0 Å². The minimum absolute atomic E-state index is 0.107. The molecular formula is C28H36N6O4. The number of carbonyl (C=O) groups excluding carboxylic acids is 3. The van der Waals surface area contributed by atoms with Crippen LogP contribution in [0.2, 0.25) is 0 Å². The summed E-state index contributed by atoms with van der Waals surface area (Å²) in [6.07, 6.45) is 3.01. The highest BCUT2D eigenvalue weighted by Gasteiger charge is 2.70. The summed E-state index contributed by atoms with van der Waals surface area (Å²) < 4.78 is 6.45. The van der Waals surface area contributed by atoms with Crippen molar-refractivity contribution in [1.29, 1.82) is 0 Å². The summed E-state index contributed by atoms with van der Waals surface area (Å²) in [6.45, 7) is 7.50. The standard InChI is InChI=1S/C28H36N6O4/c1-27(2)20-21(27)26(37)34-15-28(16-34)14-33(11-18-9-30-31-10-18)12-19(28)24(35)32-22(25(36)29-3)23(20)38-13-17-7-5-4-6-8-17/h4-10,19-23H,11-16H2,1-3H3,(H,29,36)(H,30,31)(H,32,35)/t19-,20?,21+,22-,23+/m0/s1. The van der Waals surface area contributed by atoms with Crippen molar-refractivity contribution in [2.45, 2.75) is 39.1 Å². The summed E-state index contributed by atoms with van der Waals surface area (Å²) in [5.41, 5.74) is 1.35. The summed E-state index contributed by atoms with van der Waals surface area (Å²) in [6, 6.07) is 8.86. The Morgan fingerprint density at radius 1 is 1.16 bits per heavy atom. The van der Waals surface area contributed by atoms with Crippen molar-refractivity contribution >= 4 is 17.7 Å². The van der Waals surface area contributed by atoms with Crippen LogP contribution < -0.4 is 10.6 Å². The molecule has 1 aromatic heterocycles. The van der Waals surface area contributed by atoms with Crippen molar-refractivity contribution in [1.82, 2.24) is 30.6 Å². The van der Waals surface area contributed by atoms with Gasteiger partial charge in [0.15, 0.2) is 0 Å². The van der Waals surface area contributed by atoms with Gasteiger partial charge >= 0.3 is 0 Å². The van der Waals surface area contributed by atoms with Crippen LogP contribution in [0.3, 0.4) is 0 Å². The highest BCUT2D eigenvalue weighted by atomic mass is 16.5. The number of fused-ring (bicyclic) bond motifs is 3. The van der Waals surface area contributed by atoms with E-state index < -0.39 is 12.1 Å². The summed E-state index contributed by atoms with van der Waals surface area (Å²) in [7, 11) is 1.57. The second-order valence-electron chi connectivity index (χ2n) is 12.1. The Morgan fingerprint density at radius 2 is 1.92 bits per heavy atom. The molecule has 1 unspecified atom stereocenters. The van der Waals surface area contributed by atoms with Gasteiger partial charge in [-0.25, -0.2) is 0 Å². The third-order valence-corrected chi connectivity index (χ3v) is 9.29. The molecule has 1 spiro atoms. The molecule has 5 heterocycles.